The van der Waals surface area contributed by atoms with Crippen LogP contribution in [-0.4, -0.2) is 108 Å². The molecule has 0 amide bonds. The number of phosphoric ester groups is 2. The van der Waals surface area contributed by atoms with Gasteiger partial charge in [0.1, 0.15) is 30.7 Å². The standard InChI is InChI=1S/C51H89N3O17P2/c1-4-5-6-7-8-9-10-15-18-21-24-27-31-42(55)43(56)32-29-34-46(57)66-37-41(69-47(58)33-28-25-22-19-16-13-11-12-14-17-20-23-26-30-40(2)3)38-67-72(62,63)71-73(64,65)68-39-44-48(59)49(60)50(70-44)54-36-35-45(52)53-51(54)61/h8-9,15,18,24,27,35-36,40-44,48-50,55-56,59-60H,4-7,10-14,16-17,19-23,25-26,28-34,37-39H2,1-3H3,(H,62,63)(H,64,65)(H2,52,53,61)/b9-8-,18-15-,27-24-/t41-,42?,43?,44-,48-,49-,50-/m1/s1. The smallest absolute Gasteiger partial charge is 0.462 e. The molecule has 0 aliphatic carbocycles. The van der Waals surface area contributed by atoms with Crippen LogP contribution in [0.3, 0.4) is 0 Å². The summed E-state index contributed by atoms with van der Waals surface area (Å²) in [6.45, 7) is 4.16. The average molecular weight is 1080 g/mol. The van der Waals surface area contributed by atoms with Gasteiger partial charge in [-0.3, -0.25) is 23.2 Å². The number of carbonyl (C=O) groups excluding carboxylic acids is 2. The molecule has 73 heavy (non-hydrogen) atoms. The molecule has 0 saturated carbocycles. The van der Waals surface area contributed by atoms with E-state index in [0.717, 1.165) is 61.6 Å². The number of aliphatic hydroxyl groups is 4. The number of unbranched alkanes of at least 4 members (excludes halogenated alkanes) is 15. The van der Waals surface area contributed by atoms with Gasteiger partial charge in [0.15, 0.2) is 12.3 Å². The van der Waals surface area contributed by atoms with Crippen molar-refractivity contribution in [1.82, 2.24) is 9.55 Å². The van der Waals surface area contributed by atoms with E-state index in [9.17, 15) is 53.7 Å². The van der Waals surface area contributed by atoms with Crippen molar-refractivity contribution in [3.63, 3.8) is 0 Å². The van der Waals surface area contributed by atoms with Gasteiger partial charge in [0.05, 0.1) is 25.4 Å². The van der Waals surface area contributed by atoms with Crippen LogP contribution in [0.1, 0.15) is 188 Å². The molecular formula is C51H89N3O17P2. The molecule has 9 atom stereocenters. The fourth-order valence-corrected chi connectivity index (χ4v) is 9.95. The Bertz CT molecular complexity index is 1920. The van der Waals surface area contributed by atoms with E-state index in [1.807, 2.05) is 12.2 Å². The molecule has 20 nitrogen and oxygen atoms in total. The molecule has 22 heteroatoms. The maximum absolute atomic E-state index is 12.9. The molecule has 4 unspecified atom stereocenters. The number of aromatic nitrogens is 2. The molecule has 8 N–H and O–H groups in total. The Labute approximate surface area is 433 Å². The molecule has 2 rings (SSSR count). The molecule has 0 aromatic carbocycles. The lowest BCUT2D eigenvalue weighted by Gasteiger charge is -2.21. The highest BCUT2D eigenvalue weighted by Gasteiger charge is 2.46. The van der Waals surface area contributed by atoms with E-state index in [1.165, 1.54) is 76.7 Å². The second-order valence-electron chi connectivity index (χ2n) is 19.2. The highest BCUT2D eigenvalue weighted by Crippen LogP contribution is 2.60. The number of nitrogens with two attached hydrogens (primary N) is 1. The fraction of sp³-hybridized carbons (Fsp3) is 0.765. The van der Waals surface area contributed by atoms with Crippen LogP contribution in [0.5, 0.6) is 0 Å². The molecule has 0 spiro atoms. The third kappa shape index (κ3) is 31.5. The van der Waals surface area contributed by atoms with Crippen LogP contribution in [0.2, 0.25) is 0 Å². The fourth-order valence-electron chi connectivity index (χ4n) is 7.84. The summed E-state index contributed by atoms with van der Waals surface area (Å²) in [4.78, 5) is 62.0. The first kappa shape index (κ1) is 66.0. The Morgan fingerprint density at radius 2 is 1.32 bits per heavy atom. The largest absolute Gasteiger partial charge is 0.481 e. The van der Waals surface area contributed by atoms with Crippen molar-refractivity contribution in [3.8, 4) is 0 Å². The lowest BCUT2D eigenvalue weighted by Crippen LogP contribution is -2.36. The average Bonchev–Trinajstić information content (AvgIpc) is 3.61. The normalized spacial score (nSPS) is 20.2. The van der Waals surface area contributed by atoms with Crippen LogP contribution in [0.25, 0.3) is 0 Å². The molecule has 420 valence electrons. The van der Waals surface area contributed by atoms with Gasteiger partial charge in [0.2, 0.25) is 0 Å². The number of phosphoric acid groups is 2. The molecule has 0 radical (unpaired) electrons. The number of rotatable bonds is 43. The number of anilines is 1. The van der Waals surface area contributed by atoms with Crippen LogP contribution >= 0.6 is 15.6 Å². The third-order valence-corrected chi connectivity index (χ3v) is 14.7. The van der Waals surface area contributed by atoms with Gasteiger partial charge in [-0.2, -0.15) is 9.29 Å². The highest BCUT2D eigenvalue weighted by atomic mass is 31.3. The predicted octanol–water partition coefficient (Wildman–Crippen LogP) is 8.97. The second kappa shape index (κ2) is 38.4. The van der Waals surface area contributed by atoms with Gasteiger partial charge < -0.3 is 50.2 Å². The van der Waals surface area contributed by atoms with E-state index in [1.54, 1.807) is 6.08 Å². The van der Waals surface area contributed by atoms with Crippen molar-refractivity contribution in [1.29, 1.82) is 0 Å². The topological polar surface area (TPSA) is 306 Å². The van der Waals surface area contributed by atoms with Crippen molar-refractivity contribution in [2.45, 2.75) is 224 Å². The maximum Gasteiger partial charge on any atom is 0.481 e. The summed E-state index contributed by atoms with van der Waals surface area (Å²) in [6, 6.07) is 1.23. The first-order chi connectivity index (χ1) is 34.8. The van der Waals surface area contributed by atoms with Crippen LogP contribution in [0, 0.1) is 5.92 Å². The van der Waals surface area contributed by atoms with E-state index in [-0.39, 0.29) is 37.9 Å². The number of nitrogens with zero attached hydrogens (tertiary/aromatic N) is 2. The zero-order valence-electron chi connectivity index (χ0n) is 43.6. The van der Waals surface area contributed by atoms with Gasteiger partial charge in [-0.15, -0.1) is 0 Å². The number of carbonyl (C=O) groups is 2. The van der Waals surface area contributed by atoms with E-state index in [2.05, 4.69) is 48.3 Å². The van der Waals surface area contributed by atoms with E-state index < -0.39 is 95.9 Å². The Morgan fingerprint density at radius 3 is 1.93 bits per heavy atom. The van der Waals surface area contributed by atoms with Gasteiger partial charge in [-0.05, 0) is 63.4 Å². The van der Waals surface area contributed by atoms with Crippen LogP contribution in [-0.2, 0) is 46.3 Å². The van der Waals surface area contributed by atoms with Gasteiger partial charge in [-0.1, -0.05) is 154 Å². The minimum Gasteiger partial charge on any atom is -0.462 e. The first-order valence-corrected chi connectivity index (χ1v) is 29.5. The van der Waals surface area contributed by atoms with E-state index >= 15 is 0 Å². The van der Waals surface area contributed by atoms with E-state index in [0.29, 0.717) is 12.8 Å². The molecule has 1 aliphatic rings. The highest BCUT2D eigenvalue weighted by molar-refractivity contribution is 7.61. The van der Waals surface area contributed by atoms with Gasteiger partial charge in [-0.25, -0.2) is 13.9 Å². The summed E-state index contributed by atoms with van der Waals surface area (Å²) in [6.07, 6.45) is 25.3. The first-order valence-electron chi connectivity index (χ1n) is 26.5. The minimum atomic E-state index is -5.49. The number of hydrogen-bond acceptors (Lipinski definition) is 17. The molecule has 1 aromatic rings. The molecule has 2 heterocycles. The van der Waals surface area contributed by atoms with Crippen molar-refractivity contribution in [3.05, 3.63) is 59.2 Å². The molecule has 1 fully saturated rings. The number of esters is 2. The lowest BCUT2D eigenvalue weighted by atomic mass is 10.0. The zero-order chi connectivity index (χ0) is 53.9. The summed E-state index contributed by atoms with van der Waals surface area (Å²) < 4.78 is 56.6. The predicted molar refractivity (Wildman–Crippen MR) is 278 cm³/mol. The molecule has 1 aliphatic heterocycles. The summed E-state index contributed by atoms with van der Waals surface area (Å²) in [5, 5.41) is 41.8. The molecular weight excluding hydrogens is 989 g/mol. The van der Waals surface area contributed by atoms with Crippen LogP contribution in [0.4, 0.5) is 5.82 Å². The Hall–Kier alpha value is -3.10. The van der Waals surface area contributed by atoms with E-state index in [4.69, 9.17) is 29.0 Å². The molecule has 1 saturated heterocycles. The lowest BCUT2D eigenvalue weighted by molar-refractivity contribution is -0.161. The summed E-state index contributed by atoms with van der Waals surface area (Å²) >= 11 is 0. The number of allylic oxidation sites excluding steroid dienone is 5. The van der Waals surface area contributed by atoms with Crippen LogP contribution in [0.15, 0.2) is 53.5 Å². The Kier molecular flexibility index (Phi) is 34.8. The third-order valence-electron chi connectivity index (χ3n) is 12.1. The second-order valence-corrected chi connectivity index (χ2v) is 22.2. The Morgan fingerprint density at radius 1 is 0.740 bits per heavy atom. The Balaban J connectivity index is 1.85. The van der Waals surface area contributed by atoms with Gasteiger partial charge >= 0.3 is 33.3 Å². The number of ether oxygens (including phenoxy) is 3. The number of aliphatic hydroxyl groups excluding tert-OH is 4. The minimum absolute atomic E-state index is 0.00828. The van der Waals surface area contributed by atoms with Gasteiger partial charge in [0, 0.05) is 19.0 Å². The SMILES string of the molecule is CCCCC/C=C\C/C=C\C/C=C\CC(O)C(O)CCCC(=O)OC[C@H](COP(=O)(O)OP(=O)(O)OC[C@H]1O[C@@H](n2ccc(N)nc2=O)[C@H](O)[C@@H]1O)OC(=O)CCCCCCCCCCCCCCCC(C)C. The summed E-state index contributed by atoms with van der Waals surface area (Å²) in [5.41, 5.74) is 4.57. The summed E-state index contributed by atoms with van der Waals surface area (Å²) in [5.74, 6) is -0.820. The zero-order valence-corrected chi connectivity index (χ0v) is 45.4. The number of hydrogen-bond donors (Lipinski definition) is 7. The van der Waals surface area contributed by atoms with Gasteiger partial charge in [0.25, 0.3) is 0 Å². The van der Waals surface area contributed by atoms with Crippen molar-refractivity contribution >= 4 is 33.4 Å². The van der Waals surface area contributed by atoms with Crippen LogP contribution < -0.4 is 11.4 Å². The quantitative estimate of drug-likeness (QED) is 0.0139. The van der Waals surface area contributed by atoms with Crippen molar-refractivity contribution in [2.24, 2.45) is 5.92 Å². The molecule has 1 aromatic heterocycles. The maximum atomic E-state index is 12.9. The van der Waals surface area contributed by atoms with Crippen molar-refractivity contribution < 1.29 is 76.5 Å². The summed E-state index contributed by atoms with van der Waals surface area (Å²) in [7, 11) is -11.0. The monoisotopic (exact) mass is 1080 g/mol. The number of nitrogen functional groups attached to an aromatic ring is 1. The van der Waals surface area contributed by atoms with Crippen molar-refractivity contribution in [2.75, 3.05) is 25.6 Å². The molecule has 0 bridgehead atoms.